The molecule has 0 aliphatic heterocycles. The Morgan fingerprint density at radius 2 is 0.484 bits per heavy atom. The van der Waals surface area contributed by atoms with Gasteiger partial charge in [-0.05, 0) is 132 Å². The van der Waals surface area contributed by atoms with E-state index in [1.807, 2.05) is 0 Å². The maximum atomic E-state index is 7.26. The van der Waals surface area contributed by atoms with Gasteiger partial charge in [0.1, 0.15) is 0 Å². The van der Waals surface area contributed by atoms with Crippen molar-refractivity contribution in [2.24, 2.45) is 35.5 Å². The zero-order valence-corrected chi connectivity index (χ0v) is 52.4. The second kappa shape index (κ2) is 29.0. The van der Waals surface area contributed by atoms with Crippen LogP contribution in [0.25, 0.3) is 0 Å². The van der Waals surface area contributed by atoms with Crippen LogP contribution in [0.2, 0.25) is 8.57 Å². The lowest BCUT2D eigenvalue weighted by Crippen LogP contribution is -2.46. The Kier molecular flexibility index (Phi) is 25.1. The van der Waals surface area contributed by atoms with Crippen LogP contribution in [0.4, 0.5) is 0 Å². The van der Waals surface area contributed by atoms with Gasteiger partial charge in [-0.25, -0.2) is 0 Å². The molecule has 0 aromatic rings. The van der Waals surface area contributed by atoms with Crippen LogP contribution in [0.15, 0.2) is 0 Å². The molecule has 0 radical (unpaired) electrons. The van der Waals surface area contributed by atoms with E-state index < -0.39 is 58.6 Å². The Morgan fingerprint density at radius 1 is 0.306 bits per heavy atom. The van der Waals surface area contributed by atoms with Crippen molar-refractivity contribution < 1.29 is 26.6 Å². The minimum atomic E-state index is -0.821. The highest BCUT2D eigenvalue weighted by molar-refractivity contribution is 9.26. The van der Waals surface area contributed by atoms with Gasteiger partial charge in [-0.3, -0.25) is 0 Å². The van der Waals surface area contributed by atoms with E-state index in [0.717, 1.165) is 0 Å². The van der Waals surface area contributed by atoms with Gasteiger partial charge in [-0.1, -0.05) is 140 Å². The van der Waals surface area contributed by atoms with Crippen molar-refractivity contribution in [3.8, 4) is 0 Å². The first-order valence-electron chi connectivity index (χ1n) is 26.4. The van der Waals surface area contributed by atoms with Gasteiger partial charge in [-0.2, -0.15) is 0 Å². The van der Waals surface area contributed by atoms with E-state index in [4.69, 9.17) is 26.6 Å². The molecule has 6 aliphatic carbocycles. The first-order chi connectivity index (χ1) is 30.1. The van der Waals surface area contributed by atoms with Gasteiger partial charge < -0.3 is 26.6 Å². The summed E-state index contributed by atoms with van der Waals surface area (Å²) in [6.07, 6.45) is 34.6. The van der Waals surface area contributed by atoms with E-state index in [-0.39, 0.29) is 8.57 Å². The fourth-order valence-electron chi connectivity index (χ4n) is 11.7. The molecule has 0 aromatic carbocycles. The molecule has 16 heteroatoms. The van der Waals surface area contributed by atoms with Crippen molar-refractivity contribution >= 4 is 99.8 Å². The normalized spacial score (nSPS) is 38.2. The zero-order valence-electron chi connectivity index (χ0n) is 40.6. The highest BCUT2D eigenvalue weighted by atomic mass is 33.7. The maximum Gasteiger partial charge on any atom is 0.167 e. The van der Waals surface area contributed by atoms with Gasteiger partial charge in [0.2, 0.25) is 0 Å². The van der Waals surface area contributed by atoms with Gasteiger partial charge in [0.15, 0.2) is 58.6 Å². The summed E-state index contributed by atoms with van der Waals surface area (Å²) >= 11 is 0. The summed E-state index contributed by atoms with van der Waals surface area (Å²) in [7, 11) is 3.50. The molecule has 0 aromatic heterocycles. The van der Waals surface area contributed by atoms with Crippen LogP contribution in [0.3, 0.4) is 0 Å². The third-order valence-electron chi connectivity index (χ3n) is 16.7. The molecule has 0 N–H and O–H groups in total. The highest BCUT2D eigenvalue weighted by Crippen LogP contribution is 2.50. The summed E-state index contributed by atoms with van der Waals surface area (Å²) in [6.45, 7) is 14.8. The van der Waals surface area contributed by atoms with Gasteiger partial charge in [0, 0.05) is 56.7 Å². The molecule has 6 fully saturated rings. The van der Waals surface area contributed by atoms with Gasteiger partial charge >= 0.3 is 0 Å². The minimum absolute atomic E-state index is 0.254. The first-order valence-corrected chi connectivity index (χ1v) is 39.3. The lowest BCUT2D eigenvalue weighted by atomic mass is 9.88. The van der Waals surface area contributed by atoms with Gasteiger partial charge in [-0.15, -0.1) is 0 Å². The molecule has 0 amide bonds. The van der Waals surface area contributed by atoms with Crippen LogP contribution >= 0.6 is 41.2 Å². The minimum Gasteiger partial charge on any atom is -0.421 e. The maximum absolute atomic E-state index is 7.26. The second-order valence-corrected chi connectivity index (χ2v) is 47.1. The predicted molar refractivity (Wildman–Crippen MR) is 292 cm³/mol. The number of hydrogen-bond donors (Lipinski definition) is 0. The van der Waals surface area contributed by atoms with E-state index >= 15 is 0 Å². The number of hydrogen-bond acceptors (Lipinski definition) is 10. The van der Waals surface area contributed by atoms with Crippen molar-refractivity contribution in [3.63, 3.8) is 0 Å². The molecule has 0 heterocycles. The summed E-state index contributed by atoms with van der Waals surface area (Å²) in [5.74, 6) is 6.53. The second-order valence-electron chi connectivity index (χ2n) is 22.3. The average molecular weight is 1040 g/mol. The van der Waals surface area contributed by atoms with Crippen LogP contribution < -0.4 is 0 Å². The molecular weight excluding hydrogens is 945 g/mol. The molecule has 6 aliphatic rings. The molecule has 6 saturated carbocycles. The van der Waals surface area contributed by atoms with E-state index in [1.165, 1.54) is 166 Å². The average Bonchev–Trinajstić information content (AvgIpc) is 3.28. The molecule has 6 nitrogen and oxygen atoms in total. The molecule has 0 spiro atoms. The molecular formula is C46H94O6S4Si6. The van der Waals surface area contributed by atoms with Crippen LogP contribution in [-0.2, 0) is 26.6 Å². The largest absolute Gasteiger partial charge is 0.421 e. The third kappa shape index (κ3) is 17.7. The standard InChI is InChI=1S/C46H94O6S4Si6/c1-33-19-7-13-25-39(33)47-57-45(58-48-40-26-14-8-20-34(40)2,59-49-41-27-15-9-21-35(41)3)31-53-55-56-54-32-46(60-50-42-28-16-10-22-36(42)4,61-51-43-29-17-11-23-37(43)5)62-52-44-30-18-12-24-38(44)6/h33-44H,7-32,57-62H2,1-6H3. The Morgan fingerprint density at radius 3 is 0.661 bits per heavy atom. The summed E-state index contributed by atoms with van der Waals surface area (Å²) in [5, 5.41) is 0. The Balaban J connectivity index is 1.13. The van der Waals surface area contributed by atoms with E-state index in [0.29, 0.717) is 72.1 Å². The van der Waals surface area contributed by atoms with Crippen molar-refractivity contribution in [3.05, 3.63) is 0 Å². The molecule has 0 bridgehead atoms. The summed E-state index contributed by atoms with van der Waals surface area (Å²) in [6, 6.07) is 0. The molecule has 12 atom stereocenters. The molecule has 12 unspecified atom stereocenters. The Hall–Kier alpha value is 2.46. The summed E-state index contributed by atoms with van der Waals surface area (Å²) < 4.78 is 44.0. The van der Waals surface area contributed by atoms with Crippen molar-refractivity contribution in [2.45, 2.75) is 241 Å². The SMILES string of the molecule is CC1CCCCC1O[SiH2]C(CSSSSCC([SiH2]OC1CCCCC1C)([SiH2]OC1CCCCC1C)[SiH2]OC1CCCCC1C)([SiH2]OC1CCCCC1C)[SiH2]OC1CCCCC1C. The smallest absolute Gasteiger partial charge is 0.167 e. The lowest BCUT2D eigenvalue weighted by molar-refractivity contribution is 0.0914. The lowest BCUT2D eigenvalue weighted by Gasteiger charge is -2.40. The monoisotopic (exact) mass is 1040 g/mol. The van der Waals surface area contributed by atoms with Gasteiger partial charge in [0.05, 0.1) is 0 Å². The fourth-order valence-corrected chi connectivity index (χ4v) is 37.2. The van der Waals surface area contributed by atoms with Gasteiger partial charge in [0.25, 0.3) is 0 Å². The fraction of sp³-hybridized carbons (Fsp3) is 1.00. The van der Waals surface area contributed by atoms with Crippen molar-refractivity contribution in [1.29, 1.82) is 0 Å². The van der Waals surface area contributed by atoms with Crippen molar-refractivity contribution in [1.82, 2.24) is 0 Å². The topological polar surface area (TPSA) is 55.4 Å². The zero-order chi connectivity index (χ0) is 43.6. The van der Waals surface area contributed by atoms with Crippen molar-refractivity contribution in [2.75, 3.05) is 11.5 Å². The Labute approximate surface area is 411 Å². The molecule has 362 valence electrons. The van der Waals surface area contributed by atoms with E-state index in [9.17, 15) is 0 Å². The summed E-state index contributed by atoms with van der Waals surface area (Å²) in [5.41, 5.74) is 0. The molecule has 62 heavy (non-hydrogen) atoms. The van der Waals surface area contributed by atoms with Crippen LogP contribution in [-0.4, -0.2) is 107 Å². The molecule has 6 rings (SSSR count). The Bertz CT molecular complexity index is 1020. The molecule has 0 saturated heterocycles. The van der Waals surface area contributed by atoms with Crippen LogP contribution in [0, 0.1) is 35.5 Å². The third-order valence-corrected chi connectivity index (χ3v) is 41.8. The summed E-state index contributed by atoms with van der Waals surface area (Å²) in [4.78, 5) is 0. The van der Waals surface area contributed by atoms with Crippen LogP contribution in [0.1, 0.15) is 196 Å². The first kappa shape index (κ1) is 53.8. The van der Waals surface area contributed by atoms with E-state index in [2.05, 4.69) is 82.8 Å². The predicted octanol–water partition coefficient (Wildman–Crippen LogP) is 9.89. The van der Waals surface area contributed by atoms with Crippen LogP contribution in [0.5, 0.6) is 0 Å². The quantitative estimate of drug-likeness (QED) is 0.0502. The number of rotatable bonds is 25. The highest BCUT2D eigenvalue weighted by Gasteiger charge is 2.42. The van der Waals surface area contributed by atoms with E-state index in [1.54, 1.807) is 0 Å².